The SMILES string of the molecule is Cc1cc2ccccc2[nH]1.Cc1cc2ccncc2[nH]1.Cc1ccn[nH]1. The van der Waals surface area contributed by atoms with Crippen LogP contribution >= 0.6 is 0 Å². The Morgan fingerprint density at radius 1 is 0.692 bits per heavy atom. The molecule has 0 amide bonds. The van der Waals surface area contributed by atoms with Crippen LogP contribution in [-0.4, -0.2) is 25.1 Å². The van der Waals surface area contributed by atoms with Crippen molar-refractivity contribution >= 4 is 21.8 Å². The zero-order valence-corrected chi connectivity index (χ0v) is 15.2. The quantitative estimate of drug-likeness (QED) is 0.367. The number of rotatable bonds is 0. The second-order valence-electron chi connectivity index (χ2n) is 6.19. The van der Waals surface area contributed by atoms with Gasteiger partial charge in [-0.1, -0.05) is 18.2 Å². The first-order valence-corrected chi connectivity index (χ1v) is 8.51. The molecule has 3 N–H and O–H groups in total. The first-order chi connectivity index (χ1) is 12.6. The van der Waals surface area contributed by atoms with Crippen LogP contribution in [0.25, 0.3) is 21.8 Å². The lowest BCUT2D eigenvalue weighted by atomic mass is 10.2. The molecule has 0 aliphatic carbocycles. The third kappa shape index (κ3) is 4.60. The lowest BCUT2D eigenvalue weighted by Gasteiger charge is -1.83. The Kier molecular flexibility index (Phi) is 5.49. The van der Waals surface area contributed by atoms with Crippen LogP contribution < -0.4 is 0 Å². The predicted octanol–water partition coefficient (Wildman–Crippen LogP) is 5.07. The average Bonchev–Trinajstić information content (AvgIpc) is 3.33. The van der Waals surface area contributed by atoms with Gasteiger partial charge in [-0.05, 0) is 56.5 Å². The van der Waals surface area contributed by atoms with E-state index >= 15 is 0 Å². The molecule has 5 rings (SSSR count). The Morgan fingerprint density at radius 2 is 1.38 bits per heavy atom. The van der Waals surface area contributed by atoms with Crippen molar-refractivity contribution in [2.45, 2.75) is 20.8 Å². The third-order valence-corrected chi connectivity index (χ3v) is 3.86. The number of H-pyrrole nitrogens is 3. The number of para-hydroxylation sites is 1. The number of aromatic amines is 3. The molecule has 0 spiro atoms. The van der Waals surface area contributed by atoms with Gasteiger partial charge in [0.15, 0.2) is 0 Å². The third-order valence-electron chi connectivity index (χ3n) is 3.86. The Hall–Kier alpha value is -3.34. The van der Waals surface area contributed by atoms with Crippen LogP contribution in [0, 0.1) is 20.8 Å². The van der Waals surface area contributed by atoms with Crippen LogP contribution in [0.4, 0.5) is 0 Å². The molecule has 5 aromatic rings. The number of hydrogen-bond acceptors (Lipinski definition) is 2. The van der Waals surface area contributed by atoms with Gasteiger partial charge < -0.3 is 9.97 Å². The van der Waals surface area contributed by atoms with E-state index < -0.39 is 0 Å². The molecule has 0 unspecified atom stereocenters. The Morgan fingerprint density at radius 3 is 1.96 bits per heavy atom. The maximum atomic E-state index is 3.99. The zero-order valence-electron chi connectivity index (χ0n) is 15.2. The Balaban J connectivity index is 0.000000117. The molecule has 0 saturated carbocycles. The molecule has 5 heteroatoms. The number of fused-ring (bicyclic) bond motifs is 2. The summed E-state index contributed by atoms with van der Waals surface area (Å²) in [6.45, 7) is 6.08. The van der Waals surface area contributed by atoms with Gasteiger partial charge >= 0.3 is 0 Å². The number of benzene rings is 1. The fraction of sp³-hybridized carbons (Fsp3) is 0.143. The van der Waals surface area contributed by atoms with E-state index in [0.717, 1.165) is 11.2 Å². The van der Waals surface area contributed by atoms with Crippen LogP contribution in [0.5, 0.6) is 0 Å². The molecule has 0 fully saturated rings. The molecule has 0 saturated heterocycles. The Bertz CT molecular complexity index is 932. The van der Waals surface area contributed by atoms with Gasteiger partial charge in [-0.25, -0.2) is 0 Å². The summed E-state index contributed by atoms with van der Waals surface area (Å²) < 4.78 is 0. The monoisotopic (exact) mass is 345 g/mol. The van der Waals surface area contributed by atoms with Crippen molar-refractivity contribution in [3.63, 3.8) is 0 Å². The minimum Gasteiger partial charge on any atom is -0.359 e. The van der Waals surface area contributed by atoms with Crippen molar-refractivity contribution in [2.75, 3.05) is 0 Å². The second-order valence-corrected chi connectivity index (χ2v) is 6.19. The highest BCUT2D eigenvalue weighted by molar-refractivity contribution is 5.80. The number of aromatic nitrogens is 5. The maximum Gasteiger partial charge on any atom is 0.0642 e. The number of pyridine rings is 1. The van der Waals surface area contributed by atoms with Gasteiger partial charge in [0.2, 0.25) is 0 Å². The number of nitrogens with zero attached hydrogens (tertiary/aromatic N) is 2. The number of aryl methyl sites for hydroxylation is 3. The molecule has 0 aliphatic rings. The molecule has 0 radical (unpaired) electrons. The van der Waals surface area contributed by atoms with Crippen LogP contribution in [0.3, 0.4) is 0 Å². The molecule has 4 aromatic heterocycles. The van der Waals surface area contributed by atoms with Gasteiger partial charge in [-0.15, -0.1) is 0 Å². The van der Waals surface area contributed by atoms with Crippen molar-refractivity contribution in [1.29, 1.82) is 0 Å². The number of nitrogens with one attached hydrogen (secondary N) is 3. The van der Waals surface area contributed by atoms with E-state index in [1.807, 2.05) is 38.2 Å². The highest BCUT2D eigenvalue weighted by atomic mass is 15.1. The standard InChI is InChI=1S/C9H9N.C8H8N2.C4H6N2/c1-7-6-8-4-2-3-5-9(8)10-7;1-6-4-7-2-3-9-5-8(7)10-6;1-4-2-3-5-6-4/h2-6,10H,1H3;2-5,10H,1H3;2-3H,1H3,(H,5,6). The fourth-order valence-corrected chi connectivity index (χ4v) is 2.66. The zero-order chi connectivity index (χ0) is 18.4. The van der Waals surface area contributed by atoms with Crippen molar-refractivity contribution in [3.05, 3.63) is 84.2 Å². The number of hydrogen-bond donors (Lipinski definition) is 3. The van der Waals surface area contributed by atoms with Crippen LogP contribution in [0.1, 0.15) is 17.1 Å². The van der Waals surface area contributed by atoms with Gasteiger partial charge in [0.05, 0.1) is 11.7 Å². The van der Waals surface area contributed by atoms with Gasteiger partial charge in [0.1, 0.15) is 0 Å². The first-order valence-electron chi connectivity index (χ1n) is 8.51. The summed E-state index contributed by atoms with van der Waals surface area (Å²) in [6.07, 6.45) is 5.37. The average molecular weight is 345 g/mol. The minimum absolute atomic E-state index is 1.11. The predicted molar refractivity (Wildman–Crippen MR) is 107 cm³/mol. The van der Waals surface area contributed by atoms with E-state index in [1.165, 1.54) is 27.7 Å². The van der Waals surface area contributed by atoms with Gasteiger partial charge in [-0.2, -0.15) is 5.10 Å². The molecule has 4 heterocycles. The molecular formula is C21H23N5. The van der Waals surface area contributed by atoms with Gasteiger partial charge in [-0.3, -0.25) is 10.1 Å². The van der Waals surface area contributed by atoms with E-state index in [2.05, 4.69) is 62.4 Å². The summed E-state index contributed by atoms with van der Waals surface area (Å²) in [6, 6.07) is 16.5. The van der Waals surface area contributed by atoms with E-state index in [1.54, 1.807) is 12.4 Å². The highest BCUT2D eigenvalue weighted by Gasteiger charge is 1.93. The normalized spacial score (nSPS) is 10.1. The van der Waals surface area contributed by atoms with Crippen LogP contribution in [0.2, 0.25) is 0 Å². The summed E-state index contributed by atoms with van der Waals surface area (Å²) in [7, 11) is 0. The molecular weight excluding hydrogens is 322 g/mol. The second kappa shape index (κ2) is 8.16. The molecule has 0 atom stereocenters. The topological polar surface area (TPSA) is 73.2 Å². The van der Waals surface area contributed by atoms with E-state index in [9.17, 15) is 0 Å². The van der Waals surface area contributed by atoms with E-state index in [-0.39, 0.29) is 0 Å². The van der Waals surface area contributed by atoms with Crippen molar-refractivity contribution < 1.29 is 0 Å². The highest BCUT2D eigenvalue weighted by Crippen LogP contribution is 2.13. The van der Waals surface area contributed by atoms with E-state index in [4.69, 9.17) is 0 Å². The van der Waals surface area contributed by atoms with Crippen LogP contribution in [-0.2, 0) is 0 Å². The first kappa shape index (κ1) is 17.5. The fourth-order valence-electron chi connectivity index (χ4n) is 2.66. The van der Waals surface area contributed by atoms with Crippen molar-refractivity contribution in [1.82, 2.24) is 25.1 Å². The Labute approximate surface area is 152 Å². The lowest BCUT2D eigenvalue weighted by molar-refractivity contribution is 1.05. The van der Waals surface area contributed by atoms with Gasteiger partial charge in [0.25, 0.3) is 0 Å². The van der Waals surface area contributed by atoms with Crippen molar-refractivity contribution in [2.24, 2.45) is 0 Å². The minimum atomic E-state index is 1.11. The smallest absolute Gasteiger partial charge is 0.0642 e. The van der Waals surface area contributed by atoms with Crippen LogP contribution in [0.15, 0.2) is 67.1 Å². The van der Waals surface area contributed by atoms with E-state index in [0.29, 0.717) is 0 Å². The summed E-state index contributed by atoms with van der Waals surface area (Å²) in [5, 5.41) is 8.97. The summed E-state index contributed by atoms with van der Waals surface area (Å²) in [4.78, 5) is 10.4. The molecule has 26 heavy (non-hydrogen) atoms. The molecule has 5 nitrogen and oxygen atoms in total. The lowest BCUT2D eigenvalue weighted by Crippen LogP contribution is -1.69. The van der Waals surface area contributed by atoms with Gasteiger partial charge in [0, 0.05) is 40.4 Å². The summed E-state index contributed by atoms with van der Waals surface area (Å²) in [5.74, 6) is 0. The summed E-state index contributed by atoms with van der Waals surface area (Å²) in [5.41, 5.74) is 5.85. The maximum absolute atomic E-state index is 3.99. The molecule has 1 aromatic carbocycles. The summed E-state index contributed by atoms with van der Waals surface area (Å²) >= 11 is 0. The molecule has 132 valence electrons. The van der Waals surface area contributed by atoms with Crippen molar-refractivity contribution in [3.8, 4) is 0 Å². The largest absolute Gasteiger partial charge is 0.359 e. The molecule has 0 bridgehead atoms. The molecule has 0 aliphatic heterocycles.